The molecule has 7 heavy (non-hydrogen) atoms. The van der Waals surface area contributed by atoms with Crippen LogP contribution in [0.15, 0.2) is 0 Å². The van der Waals surface area contributed by atoms with Crippen LogP contribution in [0, 0.1) is 0 Å². The Bertz CT molecular complexity index is 94.9. The Hall–Kier alpha value is 1.11. The van der Waals surface area contributed by atoms with E-state index in [-0.39, 0.29) is 40.8 Å². The molecule has 0 rings (SSSR count). The van der Waals surface area contributed by atoms with E-state index in [4.69, 9.17) is 17.5 Å². The second-order valence-electron chi connectivity index (χ2n) is 0.408. The molecule has 0 amide bonds. The third-order valence-electron chi connectivity index (χ3n) is 0. The van der Waals surface area contributed by atoms with Gasteiger partial charge in [0.05, 0.1) is 0 Å². The summed E-state index contributed by atoms with van der Waals surface area (Å²) in [6.07, 6.45) is 0. The van der Waals surface area contributed by atoms with Crippen LogP contribution in [0.3, 0.4) is 0 Å². The van der Waals surface area contributed by atoms with E-state index in [1.54, 1.807) is 0 Å². The fourth-order valence-corrected chi connectivity index (χ4v) is 0. The Morgan fingerprint density at radius 3 is 1.14 bits per heavy atom. The smallest absolute Gasteiger partial charge is 0.759 e. The molecule has 0 aliphatic rings. The zero-order valence-corrected chi connectivity index (χ0v) is 7.23. The monoisotopic (exact) mass is 284 g/mol. The molecule has 0 heterocycles. The molecule has 0 fully saturated rings. The molecule has 1 radical (unpaired) electrons. The number of hydrogen-bond donors (Lipinski definition) is 0. The summed E-state index contributed by atoms with van der Waals surface area (Å²) < 4.78 is 34.1. The Morgan fingerprint density at radius 2 is 1.14 bits per heavy atom. The van der Waals surface area contributed by atoms with E-state index in [0.29, 0.717) is 0 Å². The number of hydrogen-bond acceptors (Lipinski definition) is 4. The molecule has 0 saturated heterocycles. The molecule has 0 spiro atoms. The van der Waals surface area contributed by atoms with Crippen LogP contribution in [-0.4, -0.2) is 17.5 Å². The summed E-state index contributed by atoms with van der Waals surface area (Å²) in [4.78, 5) is 0. The third kappa shape index (κ3) is 151. The van der Waals surface area contributed by atoms with E-state index in [9.17, 15) is 0 Å². The summed E-state index contributed by atoms with van der Waals surface area (Å²) >= 11 is 0. The minimum Gasteiger partial charge on any atom is -0.759 e. The van der Waals surface area contributed by atoms with E-state index >= 15 is 0 Å². The van der Waals surface area contributed by atoms with Crippen molar-refractivity contribution in [3.8, 4) is 0 Å². The van der Waals surface area contributed by atoms with Crippen molar-refractivity contribution in [2.45, 2.75) is 0 Å². The Morgan fingerprint density at radius 1 is 1.14 bits per heavy atom. The molecular weight excluding hydrogens is 282 g/mol. The first kappa shape index (κ1) is 15.7. The van der Waals surface area contributed by atoms with Gasteiger partial charge in [0.1, 0.15) is 0 Å². The van der Waals surface area contributed by atoms with Gasteiger partial charge in [-0.15, -0.1) is 0 Å². The molecule has 0 aliphatic heterocycles. The fraction of sp³-hybridized carbons (Fsp3) is 0. The maximum absolute atomic E-state index is 8.52. The van der Waals surface area contributed by atoms with Gasteiger partial charge in [-0.05, 0) is 0 Å². The summed E-state index contributed by atoms with van der Waals surface area (Å²) in [6.45, 7) is 0. The van der Waals surface area contributed by atoms with Crippen LogP contribution < -0.4 is 24.0 Å². The largest absolute Gasteiger partial charge is 2.00 e. The molecule has 4 nitrogen and oxygen atoms in total. The van der Waals surface area contributed by atoms with Crippen molar-refractivity contribution in [2.24, 2.45) is 0 Å². The molecule has 47 valence electrons. The molecule has 0 aliphatic carbocycles. The van der Waals surface area contributed by atoms with Gasteiger partial charge in [0, 0.05) is 10.4 Å². The Labute approximate surface area is 68.5 Å². The van der Waals surface area contributed by atoms with Crippen LogP contribution in [-0.2, 0) is 27.2 Å². The van der Waals surface area contributed by atoms with Gasteiger partial charge in [0.2, 0.25) is 24.0 Å². The third-order valence-corrected chi connectivity index (χ3v) is 0. The molecular formula is H2CoIO4S+. The average molecular weight is 284 g/mol. The molecule has 0 aromatic rings. The van der Waals surface area contributed by atoms with Crippen molar-refractivity contribution in [3.05, 3.63) is 0 Å². The first-order valence-electron chi connectivity index (χ1n) is 0.667. The van der Waals surface area contributed by atoms with Gasteiger partial charge in [0.15, 0.2) is 0 Å². The average Bonchev–Trinajstić information content (AvgIpc) is 0.722. The minimum atomic E-state index is -5.17. The van der Waals surface area contributed by atoms with Crippen molar-refractivity contribution in [3.63, 3.8) is 0 Å². The SMILES string of the molecule is O=S(=O)([O-])[O-].[Co+2].[IH2+]. The van der Waals surface area contributed by atoms with Crippen molar-refractivity contribution in [2.75, 3.05) is 0 Å². The van der Waals surface area contributed by atoms with E-state index in [2.05, 4.69) is 0 Å². The van der Waals surface area contributed by atoms with E-state index in [0.717, 1.165) is 0 Å². The van der Waals surface area contributed by atoms with Crippen LogP contribution in [0.1, 0.15) is 0 Å². The zero-order valence-electron chi connectivity index (χ0n) is 2.82. The first-order valence-corrected chi connectivity index (χ1v) is 2.00. The molecule has 0 saturated carbocycles. The van der Waals surface area contributed by atoms with Gasteiger partial charge in [-0.1, -0.05) is 0 Å². The summed E-state index contributed by atoms with van der Waals surface area (Å²) in [5.41, 5.74) is 0. The van der Waals surface area contributed by atoms with Gasteiger partial charge in [-0.25, -0.2) is 0 Å². The summed E-state index contributed by atoms with van der Waals surface area (Å²) in [5, 5.41) is 0. The fourth-order valence-electron chi connectivity index (χ4n) is 0. The van der Waals surface area contributed by atoms with Crippen LogP contribution in [0.4, 0.5) is 0 Å². The van der Waals surface area contributed by atoms with Gasteiger partial charge in [-0.3, -0.25) is 8.42 Å². The molecule has 7 heteroatoms. The van der Waals surface area contributed by atoms with Crippen LogP contribution in [0.25, 0.3) is 0 Å². The van der Waals surface area contributed by atoms with Crippen molar-refractivity contribution in [1.82, 2.24) is 0 Å². The predicted octanol–water partition coefficient (Wildman–Crippen LogP) is -4.87. The van der Waals surface area contributed by atoms with Crippen molar-refractivity contribution in [1.29, 1.82) is 0 Å². The Balaban J connectivity index is -0.0000000800. The molecule has 0 aromatic carbocycles. The second-order valence-corrected chi connectivity index (χ2v) is 1.22. The van der Waals surface area contributed by atoms with Crippen LogP contribution in [0.2, 0.25) is 0 Å². The standard InChI is InChI=1S/Co.H2I.H2O4S/c;;1-5(2,3)4/h;1H2;(H2,1,2,3,4)/q+2;+1;/p-2. The maximum atomic E-state index is 8.52. The van der Waals surface area contributed by atoms with Crippen LogP contribution >= 0.6 is 0 Å². The molecule has 0 bridgehead atoms. The summed E-state index contributed by atoms with van der Waals surface area (Å²) in [6, 6.07) is 0. The Kier molecular flexibility index (Phi) is 11.8. The van der Waals surface area contributed by atoms with E-state index in [1.165, 1.54) is 0 Å². The molecule has 0 unspecified atom stereocenters. The molecule has 0 atom stereocenters. The summed E-state index contributed by atoms with van der Waals surface area (Å²) in [7, 11) is -5.17. The van der Waals surface area contributed by atoms with Crippen molar-refractivity contribution >= 4 is 10.4 Å². The molecule has 0 N–H and O–H groups in total. The normalized spacial score (nSPS) is 8.29. The topological polar surface area (TPSA) is 80.3 Å². The van der Waals surface area contributed by atoms with Crippen LogP contribution in [0.5, 0.6) is 0 Å². The molecule has 0 aromatic heterocycles. The van der Waals surface area contributed by atoms with Gasteiger partial charge < -0.3 is 9.11 Å². The summed E-state index contributed by atoms with van der Waals surface area (Å²) in [5.74, 6) is 0. The van der Waals surface area contributed by atoms with E-state index < -0.39 is 10.4 Å². The second kappa shape index (κ2) is 5.25. The minimum absolute atomic E-state index is 0. The quantitative estimate of drug-likeness (QED) is 0.254. The van der Waals surface area contributed by atoms with Gasteiger partial charge >= 0.3 is 16.8 Å². The van der Waals surface area contributed by atoms with Gasteiger partial charge in [-0.2, -0.15) is 0 Å². The van der Waals surface area contributed by atoms with Gasteiger partial charge in [0.25, 0.3) is 0 Å². The number of rotatable bonds is 0. The van der Waals surface area contributed by atoms with Crippen molar-refractivity contribution < 1.29 is 58.3 Å². The van der Waals surface area contributed by atoms with E-state index in [1.807, 2.05) is 0 Å². The first-order chi connectivity index (χ1) is 2.00. The predicted molar refractivity (Wildman–Crippen MR) is 13.3 cm³/mol. The maximum Gasteiger partial charge on any atom is 2.00 e. The number of halogens is 1. The zero-order chi connectivity index (χ0) is 4.50.